The lowest BCUT2D eigenvalue weighted by Crippen LogP contribution is -2.56. The first kappa shape index (κ1) is 13.6. The van der Waals surface area contributed by atoms with Crippen molar-refractivity contribution in [3.8, 4) is 0 Å². The van der Waals surface area contributed by atoms with E-state index in [1.807, 2.05) is 0 Å². The molecule has 1 aromatic rings. The zero-order chi connectivity index (χ0) is 14.0. The lowest BCUT2D eigenvalue weighted by atomic mass is 9.77. The Balaban J connectivity index is 2.16. The largest absolute Gasteiger partial charge is 0.480 e. The van der Waals surface area contributed by atoms with Crippen LogP contribution in [0.2, 0.25) is 0 Å². The maximum atomic E-state index is 12.1. The molecule has 1 amide bonds. The van der Waals surface area contributed by atoms with Crippen molar-refractivity contribution in [2.24, 2.45) is 5.92 Å². The minimum atomic E-state index is -1.15. The molecule has 2 rings (SSSR count). The highest BCUT2D eigenvalue weighted by molar-refractivity contribution is 5.96. The molecule has 0 saturated heterocycles. The van der Waals surface area contributed by atoms with E-state index in [0.717, 1.165) is 12.8 Å². The molecule has 5 nitrogen and oxygen atoms in total. The van der Waals surface area contributed by atoms with E-state index in [2.05, 4.69) is 12.2 Å². The summed E-state index contributed by atoms with van der Waals surface area (Å²) >= 11 is 0. The van der Waals surface area contributed by atoms with Gasteiger partial charge in [-0.25, -0.2) is 4.79 Å². The van der Waals surface area contributed by atoms with E-state index in [-0.39, 0.29) is 5.76 Å². The molecule has 1 aliphatic rings. The summed E-state index contributed by atoms with van der Waals surface area (Å²) in [5.41, 5.74) is -0.440. The normalized spacial score (nSPS) is 26.9. The van der Waals surface area contributed by atoms with Gasteiger partial charge in [0, 0.05) is 5.56 Å². The molecule has 19 heavy (non-hydrogen) atoms. The van der Waals surface area contributed by atoms with E-state index in [1.165, 1.54) is 6.26 Å². The molecule has 104 valence electrons. The maximum absolute atomic E-state index is 12.1. The quantitative estimate of drug-likeness (QED) is 0.879. The average Bonchev–Trinajstić information content (AvgIpc) is 2.78. The van der Waals surface area contributed by atoms with Crippen LogP contribution in [0.25, 0.3) is 0 Å². The summed E-state index contributed by atoms with van der Waals surface area (Å²) < 4.78 is 5.11. The molecule has 1 aliphatic carbocycles. The molecule has 1 saturated carbocycles. The highest BCUT2D eigenvalue weighted by atomic mass is 16.4. The van der Waals surface area contributed by atoms with E-state index in [4.69, 9.17) is 4.42 Å². The van der Waals surface area contributed by atoms with Crippen LogP contribution in [-0.2, 0) is 4.79 Å². The third-order valence-corrected chi connectivity index (χ3v) is 3.96. The number of nitrogens with one attached hydrogen (secondary N) is 1. The third-order valence-electron chi connectivity index (χ3n) is 3.96. The Hall–Kier alpha value is -1.78. The van der Waals surface area contributed by atoms with Crippen molar-refractivity contribution in [1.29, 1.82) is 0 Å². The Morgan fingerprint density at radius 2 is 2.05 bits per heavy atom. The number of rotatable bonds is 3. The highest BCUT2D eigenvalue weighted by Gasteiger charge is 2.43. The van der Waals surface area contributed by atoms with Crippen LogP contribution in [0.3, 0.4) is 0 Å². The number of aliphatic carboxylic acids is 1. The van der Waals surface area contributed by atoms with Gasteiger partial charge in [0.1, 0.15) is 5.54 Å². The van der Waals surface area contributed by atoms with Crippen molar-refractivity contribution in [1.82, 2.24) is 5.32 Å². The smallest absolute Gasteiger partial charge is 0.329 e. The number of carbonyl (C=O) groups is 2. The minimum absolute atomic E-state index is 0.194. The van der Waals surface area contributed by atoms with Crippen molar-refractivity contribution in [3.63, 3.8) is 0 Å². The molecule has 0 atom stereocenters. The molecular formula is C14H19NO4. The van der Waals surface area contributed by atoms with Gasteiger partial charge in [0.05, 0.1) is 6.26 Å². The van der Waals surface area contributed by atoms with Gasteiger partial charge in [0.2, 0.25) is 0 Å². The van der Waals surface area contributed by atoms with Crippen molar-refractivity contribution < 1.29 is 19.1 Å². The molecule has 0 spiro atoms. The predicted octanol–water partition coefficient (Wildman–Crippen LogP) is 2.35. The fraction of sp³-hybridized carbons (Fsp3) is 0.571. The van der Waals surface area contributed by atoms with Gasteiger partial charge < -0.3 is 14.8 Å². The van der Waals surface area contributed by atoms with Crippen molar-refractivity contribution >= 4 is 11.9 Å². The molecule has 5 heteroatoms. The lowest BCUT2D eigenvalue weighted by Gasteiger charge is -2.36. The Morgan fingerprint density at radius 3 is 2.53 bits per heavy atom. The van der Waals surface area contributed by atoms with Crippen LogP contribution in [-0.4, -0.2) is 22.5 Å². The zero-order valence-electron chi connectivity index (χ0n) is 11.2. The van der Waals surface area contributed by atoms with Crippen LogP contribution in [0.4, 0.5) is 0 Å². The molecule has 1 fully saturated rings. The number of amides is 1. The SMILES string of the molecule is Cc1ccoc1C(=O)NC1(C(=O)O)CCC(C)CC1. The van der Waals surface area contributed by atoms with Gasteiger partial charge in [0.25, 0.3) is 5.91 Å². The first-order chi connectivity index (χ1) is 8.94. The fourth-order valence-electron chi connectivity index (χ4n) is 2.53. The number of hydrogen-bond donors (Lipinski definition) is 2. The standard InChI is InChI=1S/C14H19NO4/c1-9-3-6-14(7-4-9,13(17)18)15-12(16)11-10(2)5-8-19-11/h5,8-9H,3-4,6-7H2,1-2H3,(H,15,16)(H,17,18). The molecular weight excluding hydrogens is 246 g/mol. The molecule has 0 bridgehead atoms. The average molecular weight is 265 g/mol. The first-order valence-corrected chi connectivity index (χ1v) is 6.54. The van der Waals surface area contributed by atoms with Crippen LogP contribution in [0.15, 0.2) is 16.7 Å². The lowest BCUT2D eigenvalue weighted by molar-refractivity contribution is -0.146. The summed E-state index contributed by atoms with van der Waals surface area (Å²) in [5, 5.41) is 12.1. The van der Waals surface area contributed by atoms with Crippen LogP contribution >= 0.6 is 0 Å². The van der Waals surface area contributed by atoms with Gasteiger partial charge in [-0.3, -0.25) is 4.79 Å². The monoisotopic (exact) mass is 265 g/mol. The molecule has 1 heterocycles. The van der Waals surface area contributed by atoms with Crippen LogP contribution < -0.4 is 5.32 Å². The third kappa shape index (κ3) is 2.64. The highest BCUT2D eigenvalue weighted by Crippen LogP contribution is 2.32. The maximum Gasteiger partial charge on any atom is 0.329 e. The van der Waals surface area contributed by atoms with Gasteiger partial charge >= 0.3 is 5.97 Å². The Bertz CT molecular complexity index is 483. The second kappa shape index (κ2) is 5.07. The van der Waals surface area contributed by atoms with Gasteiger partial charge in [0.15, 0.2) is 5.76 Å². The topological polar surface area (TPSA) is 79.5 Å². The van der Waals surface area contributed by atoms with E-state index in [9.17, 15) is 14.7 Å². The molecule has 0 radical (unpaired) electrons. The van der Waals surface area contributed by atoms with E-state index in [1.54, 1.807) is 13.0 Å². The molecule has 1 aromatic heterocycles. The first-order valence-electron chi connectivity index (χ1n) is 6.54. The van der Waals surface area contributed by atoms with Gasteiger partial charge in [-0.2, -0.15) is 0 Å². The second-order valence-corrected chi connectivity index (χ2v) is 5.46. The number of hydrogen-bond acceptors (Lipinski definition) is 3. The molecule has 0 unspecified atom stereocenters. The van der Waals surface area contributed by atoms with Gasteiger partial charge in [-0.05, 0) is 44.6 Å². The van der Waals surface area contributed by atoms with Gasteiger partial charge in [-0.15, -0.1) is 0 Å². The summed E-state index contributed by atoms with van der Waals surface area (Å²) in [6.45, 7) is 3.86. The molecule has 0 aliphatic heterocycles. The van der Waals surface area contributed by atoms with Crippen LogP contribution in [0.1, 0.15) is 48.7 Å². The number of furan rings is 1. The zero-order valence-corrected chi connectivity index (χ0v) is 11.2. The van der Waals surface area contributed by atoms with Gasteiger partial charge in [-0.1, -0.05) is 6.92 Å². The Morgan fingerprint density at radius 1 is 1.42 bits per heavy atom. The number of carboxylic acid groups (broad SMARTS) is 1. The number of carbonyl (C=O) groups excluding carboxylic acids is 1. The van der Waals surface area contributed by atoms with E-state index < -0.39 is 17.4 Å². The van der Waals surface area contributed by atoms with Crippen LogP contribution in [0, 0.1) is 12.8 Å². The van der Waals surface area contributed by atoms with Crippen molar-refractivity contribution in [3.05, 3.63) is 23.7 Å². The Kier molecular flexibility index (Phi) is 3.64. The fourth-order valence-corrected chi connectivity index (χ4v) is 2.53. The predicted molar refractivity (Wildman–Crippen MR) is 68.9 cm³/mol. The van der Waals surface area contributed by atoms with Crippen molar-refractivity contribution in [2.75, 3.05) is 0 Å². The minimum Gasteiger partial charge on any atom is -0.480 e. The summed E-state index contributed by atoms with van der Waals surface area (Å²) in [4.78, 5) is 23.6. The van der Waals surface area contributed by atoms with Crippen molar-refractivity contribution in [2.45, 2.75) is 45.1 Å². The van der Waals surface area contributed by atoms with E-state index >= 15 is 0 Å². The Labute approximate surface area is 112 Å². The summed E-state index contributed by atoms with van der Waals surface area (Å²) in [5.74, 6) is -0.703. The number of aryl methyl sites for hydroxylation is 1. The van der Waals surface area contributed by atoms with E-state index in [0.29, 0.717) is 24.3 Å². The number of carboxylic acids is 1. The summed E-state index contributed by atoms with van der Waals surface area (Å²) in [6, 6.07) is 1.69. The van der Waals surface area contributed by atoms with Crippen LogP contribution in [0.5, 0.6) is 0 Å². The molecule has 0 aromatic carbocycles. The molecule has 2 N–H and O–H groups in total. The summed E-state index contributed by atoms with van der Waals surface area (Å²) in [6.07, 6.45) is 3.98. The second-order valence-electron chi connectivity index (χ2n) is 5.46. The summed E-state index contributed by atoms with van der Waals surface area (Å²) in [7, 11) is 0.